The molecule has 0 spiro atoms. The van der Waals surface area contributed by atoms with Crippen LogP contribution in [0.25, 0.3) is 0 Å². The van der Waals surface area contributed by atoms with Gasteiger partial charge in [-0.1, -0.05) is 5.92 Å². The van der Waals surface area contributed by atoms with Crippen molar-refractivity contribution in [2.24, 2.45) is 0 Å². The molecule has 0 aliphatic rings. The first kappa shape index (κ1) is 7.35. The van der Waals surface area contributed by atoms with Gasteiger partial charge in [0.25, 0.3) is 0 Å². The fourth-order valence-corrected chi connectivity index (χ4v) is 0.163. The van der Waals surface area contributed by atoms with Gasteiger partial charge in [0.1, 0.15) is 0 Å². The zero-order valence-corrected chi connectivity index (χ0v) is 4.05. The molecular weight excluding hydrogens is 117 g/mol. The van der Waals surface area contributed by atoms with Gasteiger partial charge in [-0.2, -0.15) is 13.2 Å². The molecule has 3 heteroatoms. The molecule has 0 aliphatic heterocycles. The van der Waals surface area contributed by atoms with Gasteiger partial charge in [-0.15, -0.1) is 0 Å². The highest BCUT2D eigenvalue weighted by atomic mass is 19.4. The molecule has 8 heavy (non-hydrogen) atoms. The molecule has 0 aromatic carbocycles. The topological polar surface area (TPSA) is 0 Å². The Labute approximate surface area is 45.7 Å². The van der Waals surface area contributed by atoms with Crippen LogP contribution in [0.3, 0.4) is 0 Å². The standard InChI is InChI=1S/C5H4F3/c1-2-3-4-5(6,7)8/h1-2H2. The summed E-state index contributed by atoms with van der Waals surface area (Å²) >= 11 is 0. The molecule has 0 aromatic heterocycles. The van der Waals surface area contributed by atoms with Crippen LogP contribution >= 0.6 is 0 Å². The van der Waals surface area contributed by atoms with Crippen LogP contribution in [0.1, 0.15) is 6.42 Å². The first-order chi connectivity index (χ1) is 3.56. The first-order valence-electron chi connectivity index (χ1n) is 1.92. The monoisotopic (exact) mass is 121 g/mol. The molecule has 0 aliphatic carbocycles. The average molecular weight is 121 g/mol. The molecule has 1 radical (unpaired) electrons. The van der Waals surface area contributed by atoms with Crippen LogP contribution in [0.15, 0.2) is 0 Å². The third kappa shape index (κ3) is 5.35. The second-order valence-electron chi connectivity index (χ2n) is 1.05. The lowest BCUT2D eigenvalue weighted by Crippen LogP contribution is -2.00. The van der Waals surface area contributed by atoms with Gasteiger partial charge in [-0.05, 0) is 6.92 Å². The molecule has 0 nitrogen and oxygen atoms in total. The molecular formula is C5H4F3. The van der Waals surface area contributed by atoms with Crippen LogP contribution in [0.4, 0.5) is 13.2 Å². The lowest BCUT2D eigenvalue weighted by atomic mass is 10.5. The van der Waals surface area contributed by atoms with E-state index in [1.165, 1.54) is 0 Å². The van der Waals surface area contributed by atoms with Crippen molar-refractivity contribution in [3.05, 3.63) is 6.92 Å². The van der Waals surface area contributed by atoms with Gasteiger partial charge >= 0.3 is 6.18 Å². The molecule has 0 aromatic rings. The maximum Gasteiger partial charge on any atom is 0.457 e. The normalized spacial score (nSPS) is 10.0. The fraction of sp³-hybridized carbons (Fsp3) is 0.400. The highest BCUT2D eigenvalue weighted by Crippen LogP contribution is 2.11. The number of alkyl halides is 3. The van der Waals surface area contributed by atoms with Crippen molar-refractivity contribution in [2.45, 2.75) is 12.6 Å². The Hall–Kier alpha value is -0.650. The first-order valence-corrected chi connectivity index (χ1v) is 1.92. The average Bonchev–Trinajstić information content (AvgIpc) is 1.59. The summed E-state index contributed by atoms with van der Waals surface area (Å²) in [5.74, 6) is 2.86. The summed E-state index contributed by atoms with van der Waals surface area (Å²) in [6.45, 7) is 3.12. The summed E-state index contributed by atoms with van der Waals surface area (Å²) in [7, 11) is 0. The molecule has 0 fully saturated rings. The number of hydrogen-bond acceptors (Lipinski definition) is 0. The summed E-state index contributed by atoms with van der Waals surface area (Å²) in [6.07, 6.45) is -4.35. The molecule has 0 atom stereocenters. The van der Waals surface area contributed by atoms with Crippen molar-refractivity contribution in [1.82, 2.24) is 0 Å². The summed E-state index contributed by atoms with van der Waals surface area (Å²) in [6, 6.07) is 0. The van der Waals surface area contributed by atoms with Crippen molar-refractivity contribution >= 4 is 0 Å². The Morgan fingerprint density at radius 3 is 2.00 bits per heavy atom. The molecule has 0 N–H and O–H groups in total. The second-order valence-corrected chi connectivity index (χ2v) is 1.05. The van der Waals surface area contributed by atoms with E-state index in [1.807, 2.05) is 0 Å². The van der Waals surface area contributed by atoms with Gasteiger partial charge in [-0.3, -0.25) is 0 Å². The summed E-state index contributed by atoms with van der Waals surface area (Å²) < 4.78 is 33.1. The minimum absolute atomic E-state index is 0.000486. The predicted octanol–water partition coefficient (Wildman–Crippen LogP) is 1.78. The van der Waals surface area contributed by atoms with Crippen LogP contribution in [-0.4, -0.2) is 6.18 Å². The SMILES string of the molecule is [CH2]CC#CC(F)(F)F. The lowest BCUT2D eigenvalue weighted by molar-refractivity contribution is -0.0697. The Morgan fingerprint density at radius 2 is 1.88 bits per heavy atom. The van der Waals surface area contributed by atoms with Crippen LogP contribution < -0.4 is 0 Å². The maximum atomic E-state index is 11.0. The third-order valence-electron chi connectivity index (χ3n) is 0.355. The van der Waals surface area contributed by atoms with E-state index < -0.39 is 6.18 Å². The highest BCUT2D eigenvalue weighted by Gasteiger charge is 2.22. The number of halogens is 3. The predicted molar refractivity (Wildman–Crippen MR) is 23.8 cm³/mol. The smallest absolute Gasteiger partial charge is 0.159 e. The zero-order valence-electron chi connectivity index (χ0n) is 4.05. The van der Waals surface area contributed by atoms with Crippen molar-refractivity contribution < 1.29 is 13.2 Å². The van der Waals surface area contributed by atoms with Crippen molar-refractivity contribution in [3.63, 3.8) is 0 Å². The van der Waals surface area contributed by atoms with E-state index in [4.69, 9.17) is 0 Å². The Bertz CT molecular complexity index is 112. The van der Waals surface area contributed by atoms with Crippen molar-refractivity contribution in [3.8, 4) is 11.8 Å². The largest absolute Gasteiger partial charge is 0.457 e. The van der Waals surface area contributed by atoms with Gasteiger partial charge in [0, 0.05) is 12.3 Å². The Kier molecular flexibility index (Phi) is 2.40. The van der Waals surface area contributed by atoms with Crippen LogP contribution in [0.2, 0.25) is 0 Å². The van der Waals surface area contributed by atoms with E-state index in [9.17, 15) is 13.2 Å². The molecule has 45 valence electrons. The van der Waals surface area contributed by atoms with E-state index in [-0.39, 0.29) is 6.42 Å². The van der Waals surface area contributed by atoms with Crippen molar-refractivity contribution in [1.29, 1.82) is 0 Å². The van der Waals surface area contributed by atoms with Crippen LogP contribution in [-0.2, 0) is 0 Å². The van der Waals surface area contributed by atoms with Crippen LogP contribution in [0.5, 0.6) is 0 Å². The minimum atomic E-state index is -4.35. The second kappa shape index (κ2) is 2.61. The summed E-state index contributed by atoms with van der Waals surface area (Å²) in [5, 5.41) is 0. The molecule has 0 bridgehead atoms. The molecule has 0 rings (SSSR count). The van der Waals surface area contributed by atoms with Gasteiger partial charge in [0.05, 0.1) is 0 Å². The third-order valence-corrected chi connectivity index (χ3v) is 0.355. The summed E-state index contributed by atoms with van der Waals surface area (Å²) in [5.41, 5.74) is 0. The van der Waals surface area contributed by atoms with Gasteiger partial charge in [-0.25, -0.2) is 0 Å². The maximum absolute atomic E-state index is 11.0. The van der Waals surface area contributed by atoms with E-state index >= 15 is 0 Å². The zero-order chi connectivity index (χ0) is 6.62. The Morgan fingerprint density at radius 1 is 1.38 bits per heavy atom. The fourth-order valence-electron chi connectivity index (χ4n) is 0.163. The summed E-state index contributed by atoms with van der Waals surface area (Å²) in [4.78, 5) is 0. The van der Waals surface area contributed by atoms with E-state index in [2.05, 4.69) is 6.92 Å². The quantitative estimate of drug-likeness (QED) is 0.428. The molecule has 0 heterocycles. The molecule has 0 unspecified atom stereocenters. The van der Waals surface area contributed by atoms with Crippen molar-refractivity contribution in [2.75, 3.05) is 0 Å². The van der Waals surface area contributed by atoms with Gasteiger partial charge in [0.2, 0.25) is 0 Å². The number of hydrogen-bond donors (Lipinski definition) is 0. The van der Waals surface area contributed by atoms with E-state index in [0.717, 1.165) is 5.92 Å². The molecule has 0 saturated carbocycles. The van der Waals surface area contributed by atoms with E-state index in [1.54, 1.807) is 5.92 Å². The van der Waals surface area contributed by atoms with Gasteiger partial charge < -0.3 is 0 Å². The van der Waals surface area contributed by atoms with E-state index in [0.29, 0.717) is 0 Å². The lowest BCUT2D eigenvalue weighted by Gasteiger charge is -1.89. The Balaban J connectivity index is 3.69. The highest BCUT2D eigenvalue weighted by molar-refractivity contribution is 5.05. The van der Waals surface area contributed by atoms with Gasteiger partial charge in [0.15, 0.2) is 0 Å². The van der Waals surface area contributed by atoms with Crippen LogP contribution in [0, 0.1) is 18.8 Å². The molecule has 0 amide bonds. The number of rotatable bonds is 0. The minimum Gasteiger partial charge on any atom is -0.159 e. The molecule has 0 saturated heterocycles.